The number of benzene rings is 1. The Morgan fingerprint density at radius 2 is 2.00 bits per heavy atom. The molecule has 6 heteroatoms. The van der Waals surface area contributed by atoms with Crippen molar-refractivity contribution in [2.24, 2.45) is 0 Å². The van der Waals surface area contributed by atoms with Gasteiger partial charge in [-0.1, -0.05) is 12.1 Å². The van der Waals surface area contributed by atoms with E-state index in [1.54, 1.807) is 23.1 Å². The first kappa shape index (κ1) is 17.2. The van der Waals surface area contributed by atoms with Crippen LogP contribution in [0.15, 0.2) is 28.7 Å². The van der Waals surface area contributed by atoms with Crippen molar-refractivity contribution in [1.29, 1.82) is 0 Å². The number of likely N-dealkylation sites (N-methyl/N-ethyl adjacent to an activating group) is 1. The highest BCUT2D eigenvalue weighted by Crippen LogP contribution is 2.30. The van der Waals surface area contributed by atoms with Crippen LogP contribution in [-0.2, 0) is 9.59 Å². The van der Waals surface area contributed by atoms with Crippen molar-refractivity contribution in [2.45, 2.75) is 13.8 Å². The lowest BCUT2D eigenvalue weighted by Crippen LogP contribution is -2.34. The van der Waals surface area contributed by atoms with Crippen LogP contribution in [0.5, 0.6) is 5.75 Å². The van der Waals surface area contributed by atoms with E-state index in [0.29, 0.717) is 28.9 Å². The number of halogens is 1. The van der Waals surface area contributed by atoms with E-state index < -0.39 is 5.97 Å². The van der Waals surface area contributed by atoms with E-state index in [1.807, 2.05) is 13.8 Å². The summed E-state index contributed by atoms with van der Waals surface area (Å²) in [4.78, 5) is 24.2. The third-order valence-corrected chi connectivity index (χ3v) is 3.48. The number of hydrogen-bond donors (Lipinski definition) is 1. The van der Waals surface area contributed by atoms with E-state index in [4.69, 9.17) is 9.84 Å². The normalized spacial score (nSPS) is 10.6. The van der Waals surface area contributed by atoms with Crippen LogP contribution in [0.4, 0.5) is 0 Å². The SMILES string of the molecule is CCN(CC)C(=O)COc1c(Br)cccc1C=CC(=O)O. The van der Waals surface area contributed by atoms with Gasteiger partial charge in [0.25, 0.3) is 5.91 Å². The third-order valence-electron chi connectivity index (χ3n) is 2.86. The van der Waals surface area contributed by atoms with E-state index in [2.05, 4.69) is 15.9 Å². The molecular formula is C15H18BrNO4. The summed E-state index contributed by atoms with van der Waals surface area (Å²) in [5.74, 6) is -0.695. The predicted molar refractivity (Wildman–Crippen MR) is 84.2 cm³/mol. The number of hydrogen-bond acceptors (Lipinski definition) is 3. The quantitative estimate of drug-likeness (QED) is 0.763. The summed E-state index contributed by atoms with van der Waals surface area (Å²) in [6.07, 6.45) is 2.46. The van der Waals surface area contributed by atoms with Gasteiger partial charge in [0.15, 0.2) is 6.61 Å². The fourth-order valence-corrected chi connectivity index (χ4v) is 2.27. The number of aliphatic carboxylic acids is 1. The van der Waals surface area contributed by atoms with Gasteiger partial charge in [-0.25, -0.2) is 4.79 Å². The lowest BCUT2D eigenvalue weighted by molar-refractivity contribution is -0.133. The highest BCUT2D eigenvalue weighted by atomic mass is 79.9. The fourth-order valence-electron chi connectivity index (χ4n) is 1.77. The Morgan fingerprint density at radius 1 is 1.33 bits per heavy atom. The van der Waals surface area contributed by atoms with Crippen LogP contribution in [0.25, 0.3) is 6.08 Å². The Bertz CT molecular complexity index is 538. The standard InChI is InChI=1S/C15H18BrNO4/c1-3-17(4-2)13(18)10-21-15-11(8-9-14(19)20)6-5-7-12(15)16/h5-9H,3-4,10H2,1-2H3,(H,19,20). The molecule has 0 fully saturated rings. The van der Waals surface area contributed by atoms with Crippen molar-refractivity contribution in [3.05, 3.63) is 34.3 Å². The van der Waals surface area contributed by atoms with Gasteiger partial charge in [-0.3, -0.25) is 4.79 Å². The summed E-state index contributed by atoms with van der Waals surface area (Å²) < 4.78 is 6.23. The van der Waals surface area contributed by atoms with Crippen molar-refractivity contribution in [1.82, 2.24) is 4.90 Å². The summed E-state index contributed by atoms with van der Waals surface area (Å²) >= 11 is 3.34. The maximum absolute atomic E-state index is 11.9. The van der Waals surface area contributed by atoms with Gasteiger partial charge >= 0.3 is 5.97 Å². The van der Waals surface area contributed by atoms with E-state index in [-0.39, 0.29) is 12.5 Å². The highest BCUT2D eigenvalue weighted by molar-refractivity contribution is 9.10. The molecule has 1 aromatic rings. The highest BCUT2D eigenvalue weighted by Gasteiger charge is 2.13. The maximum atomic E-state index is 11.9. The number of para-hydroxylation sites is 1. The van der Waals surface area contributed by atoms with E-state index >= 15 is 0 Å². The van der Waals surface area contributed by atoms with Crippen molar-refractivity contribution in [3.63, 3.8) is 0 Å². The molecule has 114 valence electrons. The topological polar surface area (TPSA) is 66.8 Å². The summed E-state index contributed by atoms with van der Waals surface area (Å²) in [6.45, 7) is 4.97. The molecular weight excluding hydrogens is 338 g/mol. The Morgan fingerprint density at radius 3 is 2.57 bits per heavy atom. The molecule has 0 bridgehead atoms. The molecule has 0 aromatic heterocycles. The van der Waals surface area contributed by atoms with Gasteiger partial charge in [0.1, 0.15) is 5.75 Å². The summed E-state index contributed by atoms with van der Waals surface area (Å²) in [5, 5.41) is 8.69. The molecule has 0 saturated heterocycles. The number of nitrogens with zero attached hydrogens (tertiary/aromatic N) is 1. The average molecular weight is 356 g/mol. The number of rotatable bonds is 7. The molecule has 0 aliphatic carbocycles. The summed E-state index contributed by atoms with van der Waals surface area (Å²) in [5.41, 5.74) is 0.596. The molecule has 0 spiro atoms. The van der Waals surface area contributed by atoms with Crippen LogP contribution in [0.3, 0.4) is 0 Å². The average Bonchev–Trinajstić information content (AvgIpc) is 2.45. The van der Waals surface area contributed by atoms with E-state index in [1.165, 1.54) is 6.08 Å². The van der Waals surface area contributed by atoms with Crippen molar-refractivity contribution in [2.75, 3.05) is 19.7 Å². The van der Waals surface area contributed by atoms with Gasteiger partial charge < -0.3 is 14.7 Å². The number of carbonyl (C=O) groups excluding carboxylic acids is 1. The van der Waals surface area contributed by atoms with Crippen LogP contribution in [0, 0.1) is 0 Å². The zero-order valence-corrected chi connectivity index (χ0v) is 13.6. The van der Waals surface area contributed by atoms with Crippen molar-refractivity contribution in [3.8, 4) is 5.75 Å². The Balaban J connectivity index is 2.87. The van der Waals surface area contributed by atoms with Crippen molar-refractivity contribution < 1.29 is 19.4 Å². The first-order chi connectivity index (χ1) is 9.99. The molecule has 1 aromatic carbocycles. The largest absolute Gasteiger partial charge is 0.482 e. The molecule has 0 atom stereocenters. The van der Waals surface area contributed by atoms with Gasteiger partial charge in [0.05, 0.1) is 4.47 Å². The van der Waals surface area contributed by atoms with E-state index in [0.717, 1.165) is 6.08 Å². The van der Waals surface area contributed by atoms with Crippen LogP contribution < -0.4 is 4.74 Å². The van der Waals surface area contributed by atoms with Crippen LogP contribution in [0.2, 0.25) is 0 Å². The molecule has 5 nitrogen and oxygen atoms in total. The van der Waals surface area contributed by atoms with Crippen LogP contribution >= 0.6 is 15.9 Å². The summed E-state index contributed by atoms with van der Waals surface area (Å²) in [6, 6.07) is 5.27. The molecule has 21 heavy (non-hydrogen) atoms. The molecule has 1 N–H and O–H groups in total. The molecule has 0 aliphatic rings. The molecule has 0 radical (unpaired) electrons. The minimum Gasteiger partial charge on any atom is -0.482 e. The van der Waals surface area contributed by atoms with Crippen LogP contribution in [0.1, 0.15) is 19.4 Å². The Kier molecular flexibility index (Phi) is 6.94. The fraction of sp³-hybridized carbons (Fsp3) is 0.333. The first-order valence-electron chi connectivity index (χ1n) is 6.59. The molecule has 0 saturated carbocycles. The second kappa shape index (κ2) is 8.46. The third kappa shape index (κ3) is 5.23. The molecule has 1 rings (SSSR count). The molecule has 0 aliphatic heterocycles. The lowest BCUT2D eigenvalue weighted by atomic mass is 10.2. The van der Waals surface area contributed by atoms with Crippen LogP contribution in [-0.4, -0.2) is 41.6 Å². The number of ether oxygens (including phenoxy) is 1. The molecule has 0 unspecified atom stereocenters. The molecule has 1 amide bonds. The zero-order valence-electron chi connectivity index (χ0n) is 12.0. The van der Waals surface area contributed by atoms with Gasteiger partial charge in [0, 0.05) is 24.7 Å². The van der Waals surface area contributed by atoms with E-state index in [9.17, 15) is 9.59 Å². The Labute approximate surface area is 132 Å². The number of amides is 1. The Hall–Kier alpha value is -1.82. The minimum atomic E-state index is -1.04. The smallest absolute Gasteiger partial charge is 0.328 e. The number of carboxylic acid groups (broad SMARTS) is 1. The maximum Gasteiger partial charge on any atom is 0.328 e. The minimum absolute atomic E-state index is 0.0851. The number of carbonyl (C=O) groups is 2. The van der Waals surface area contributed by atoms with Gasteiger partial charge in [-0.15, -0.1) is 0 Å². The van der Waals surface area contributed by atoms with Gasteiger partial charge in [-0.2, -0.15) is 0 Å². The second-order valence-corrected chi connectivity index (χ2v) is 5.04. The zero-order chi connectivity index (χ0) is 15.8. The lowest BCUT2D eigenvalue weighted by Gasteiger charge is -2.19. The second-order valence-electron chi connectivity index (χ2n) is 4.18. The van der Waals surface area contributed by atoms with Crippen molar-refractivity contribution >= 4 is 33.9 Å². The summed E-state index contributed by atoms with van der Waals surface area (Å²) in [7, 11) is 0. The van der Waals surface area contributed by atoms with Gasteiger partial charge in [-0.05, 0) is 41.9 Å². The predicted octanol–water partition coefficient (Wildman–Crippen LogP) is 2.79. The van der Waals surface area contributed by atoms with Gasteiger partial charge in [0.2, 0.25) is 0 Å². The number of carboxylic acids is 1. The molecule has 0 heterocycles. The first-order valence-corrected chi connectivity index (χ1v) is 7.39. The monoisotopic (exact) mass is 355 g/mol.